The van der Waals surface area contributed by atoms with Gasteiger partial charge in [0.2, 0.25) is 0 Å². The van der Waals surface area contributed by atoms with Crippen molar-refractivity contribution >= 4 is 5.78 Å². The standard InChI is InChI=1S/C27H32O15/c28-6-15-19(33)22(36)24(38)26(41-15)9-4-14-18(12(32)5-13(40-14)8-1-2-10(30)11(31)3-8)21(35)17(9)27-25(39)23(37)20(34)16(7-29)42-27/h1-4,13,15-16,19-20,22-31,33-39H,5-7H2/t13-,15+,16+,19+,20+,22+,23+,24+,25+,26-,27-/m0/s1. The molecule has 0 amide bonds. The van der Waals surface area contributed by atoms with Crippen molar-refractivity contribution in [1.82, 2.24) is 0 Å². The van der Waals surface area contributed by atoms with Crippen LogP contribution in [0.3, 0.4) is 0 Å². The third-order valence-electron chi connectivity index (χ3n) is 8.00. The maximum absolute atomic E-state index is 13.4. The summed E-state index contributed by atoms with van der Waals surface area (Å²) in [4.78, 5) is 13.4. The van der Waals surface area contributed by atoms with Crippen LogP contribution in [-0.4, -0.2) is 124 Å². The van der Waals surface area contributed by atoms with E-state index >= 15 is 0 Å². The first-order chi connectivity index (χ1) is 19.9. The number of carbonyl (C=O) groups excluding carboxylic acids is 1. The highest BCUT2D eigenvalue weighted by atomic mass is 16.6. The number of Topliss-reactive ketones (excluding diaryl/α,β-unsaturated/α-hetero) is 1. The highest BCUT2D eigenvalue weighted by Gasteiger charge is 2.50. The molecule has 0 spiro atoms. The van der Waals surface area contributed by atoms with E-state index in [9.17, 15) is 61.0 Å². The Morgan fingerprint density at radius 2 is 1.29 bits per heavy atom. The van der Waals surface area contributed by atoms with Crippen molar-refractivity contribution in [2.24, 2.45) is 0 Å². The largest absolute Gasteiger partial charge is 0.507 e. The van der Waals surface area contributed by atoms with Gasteiger partial charge in [0.15, 0.2) is 17.3 Å². The van der Waals surface area contributed by atoms with E-state index in [4.69, 9.17) is 14.2 Å². The molecule has 0 bridgehead atoms. The maximum Gasteiger partial charge on any atom is 0.174 e. The molecule has 15 heteroatoms. The SMILES string of the molecule is O=C1C[C@@H](c2ccc(O)c(O)c2)Oc2cc([C@@H]3O[C@H](CO)[C@@H](O)[C@@H](O)[C@H]3O)c([C@@H]3O[C@H](CO)[C@@H](O)[C@@H](O)[C@H]3O)c(O)c21. The molecule has 11 N–H and O–H groups in total. The Labute approximate surface area is 237 Å². The number of rotatable bonds is 5. The second-order valence-electron chi connectivity index (χ2n) is 10.6. The lowest BCUT2D eigenvalue weighted by molar-refractivity contribution is -0.238. The third-order valence-corrected chi connectivity index (χ3v) is 8.00. The van der Waals surface area contributed by atoms with Gasteiger partial charge < -0.3 is 70.4 Å². The van der Waals surface area contributed by atoms with Gasteiger partial charge in [-0.2, -0.15) is 0 Å². The summed E-state index contributed by atoms with van der Waals surface area (Å²) in [6.07, 6.45) is -18.7. The predicted molar refractivity (Wildman–Crippen MR) is 136 cm³/mol. The topological polar surface area (TPSA) is 267 Å². The Bertz CT molecular complexity index is 1330. The predicted octanol–water partition coefficient (Wildman–Crippen LogP) is -2.46. The summed E-state index contributed by atoms with van der Waals surface area (Å²) >= 11 is 0. The lowest BCUT2D eigenvalue weighted by atomic mass is 9.81. The van der Waals surface area contributed by atoms with Gasteiger partial charge in [0.1, 0.15) is 84.2 Å². The van der Waals surface area contributed by atoms with Crippen molar-refractivity contribution in [3.8, 4) is 23.0 Å². The molecule has 15 nitrogen and oxygen atoms in total. The zero-order valence-corrected chi connectivity index (χ0v) is 21.8. The number of hydrogen-bond acceptors (Lipinski definition) is 15. The number of aliphatic hydroxyl groups excluding tert-OH is 8. The second kappa shape index (κ2) is 11.5. The minimum atomic E-state index is -1.94. The monoisotopic (exact) mass is 596 g/mol. The van der Waals surface area contributed by atoms with Crippen molar-refractivity contribution < 1.29 is 75.2 Å². The average Bonchev–Trinajstić information content (AvgIpc) is 2.96. The molecule has 11 atom stereocenters. The van der Waals surface area contributed by atoms with Crippen LogP contribution in [0.4, 0.5) is 0 Å². The molecule has 230 valence electrons. The van der Waals surface area contributed by atoms with Crippen molar-refractivity contribution in [3.63, 3.8) is 0 Å². The minimum Gasteiger partial charge on any atom is -0.507 e. The van der Waals surface area contributed by atoms with E-state index in [-0.39, 0.29) is 28.9 Å². The zero-order valence-electron chi connectivity index (χ0n) is 21.8. The number of aliphatic hydroxyl groups is 8. The summed E-state index contributed by atoms with van der Waals surface area (Å²) < 4.78 is 17.3. The van der Waals surface area contributed by atoms with Crippen LogP contribution in [0.25, 0.3) is 0 Å². The van der Waals surface area contributed by atoms with E-state index in [1.165, 1.54) is 18.2 Å². The van der Waals surface area contributed by atoms with Crippen LogP contribution in [0.1, 0.15) is 51.8 Å². The molecule has 3 aliphatic heterocycles. The van der Waals surface area contributed by atoms with Gasteiger partial charge in [-0.15, -0.1) is 0 Å². The average molecular weight is 597 g/mol. The molecular formula is C27H32O15. The van der Waals surface area contributed by atoms with Crippen molar-refractivity contribution in [1.29, 1.82) is 0 Å². The van der Waals surface area contributed by atoms with Gasteiger partial charge in [-0.1, -0.05) is 6.07 Å². The highest BCUT2D eigenvalue weighted by Crippen LogP contribution is 2.50. The van der Waals surface area contributed by atoms with E-state index in [0.29, 0.717) is 0 Å². The number of hydrogen-bond donors (Lipinski definition) is 11. The fourth-order valence-electron chi connectivity index (χ4n) is 5.67. The Balaban J connectivity index is 1.67. The summed E-state index contributed by atoms with van der Waals surface area (Å²) in [7, 11) is 0. The number of phenolic OH excluding ortho intramolecular Hbond substituents is 3. The molecule has 0 aliphatic carbocycles. The lowest BCUT2D eigenvalue weighted by Crippen LogP contribution is -2.56. The number of fused-ring (bicyclic) bond motifs is 1. The smallest absolute Gasteiger partial charge is 0.174 e. The molecule has 0 radical (unpaired) electrons. The molecule has 0 aromatic heterocycles. The lowest BCUT2D eigenvalue weighted by Gasteiger charge is -2.44. The fourth-order valence-corrected chi connectivity index (χ4v) is 5.67. The molecule has 2 saturated heterocycles. The van der Waals surface area contributed by atoms with Crippen molar-refractivity contribution in [3.05, 3.63) is 46.5 Å². The van der Waals surface area contributed by atoms with Gasteiger partial charge in [0.05, 0.1) is 19.6 Å². The van der Waals surface area contributed by atoms with Gasteiger partial charge in [0.25, 0.3) is 0 Å². The van der Waals surface area contributed by atoms with Crippen LogP contribution < -0.4 is 4.74 Å². The van der Waals surface area contributed by atoms with E-state index in [1.807, 2.05) is 0 Å². The first kappa shape index (κ1) is 30.4. The summed E-state index contributed by atoms with van der Waals surface area (Å²) in [5.74, 6) is -2.62. The van der Waals surface area contributed by atoms with Gasteiger partial charge in [0, 0.05) is 5.56 Å². The van der Waals surface area contributed by atoms with E-state index in [1.54, 1.807) is 0 Å². The summed E-state index contributed by atoms with van der Waals surface area (Å²) in [5, 5.41) is 114. The molecular weight excluding hydrogens is 564 g/mol. The van der Waals surface area contributed by atoms with Crippen LogP contribution in [0.5, 0.6) is 23.0 Å². The molecule has 0 unspecified atom stereocenters. The summed E-state index contributed by atoms with van der Waals surface area (Å²) in [6, 6.07) is 4.92. The highest BCUT2D eigenvalue weighted by molar-refractivity contribution is 6.03. The van der Waals surface area contributed by atoms with E-state index in [0.717, 1.165) is 6.07 Å². The van der Waals surface area contributed by atoms with Crippen LogP contribution in [0.2, 0.25) is 0 Å². The Kier molecular flexibility index (Phi) is 8.34. The van der Waals surface area contributed by atoms with E-state index < -0.39 is 109 Å². The Hall–Kier alpha value is -3.09. The number of ether oxygens (including phenoxy) is 3. The minimum absolute atomic E-state index is 0.241. The van der Waals surface area contributed by atoms with E-state index in [2.05, 4.69) is 0 Å². The zero-order chi connectivity index (χ0) is 30.6. The quantitative estimate of drug-likeness (QED) is 0.160. The number of phenols is 3. The molecule has 5 rings (SSSR count). The van der Waals surface area contributed by atoms with Crippen LogP contribution in [0.15, 0.2) is 24.3 Å². The number of carbonyl (C=O) groups is 1. The second-order valence-corrected chi connectivity index (χ2v) is 10.6. The molecule has 3 aliphatic rings. The normalized spacial score (nSPS) is 36.8. The fraction of sp³-hybridized carbons (Fsp3) is 0.519. The first-order valence-electron chi connectivity index (χ1n) is 13.1. The molecule has 2 aromatic carbocycles. The number of ketones is 1. The van der Waals surface area contributed by atoms with Gasteiger partial charge in [-0.3, -0.25) is 4.79 Å². The third kappa shape index (κ3) is 4.97. The Morgan fingerprint density at radius 1 is 0.714 bits per heavy atom. The molecule has 3 heterocycles. The Morgan fingerprint density at radius 3 is 1.86 bits per heavy atom. The number of benzene rings is 2. The molecule has 0 saturated carbocycles. The summed E-state index contributed by atoms with van der Waals surface area (Å²) in [5.41, 5.74) is -0.743. The molecule has 2 fully saturated rings. The van der Waals surface area contributed by atoms with Gasteiger partial charge in [-0.25, -0.2) is 0 Å². The van der Waals surface area contributed by atoms with Crippen molar-refractivity contribution in [2.75, 3.05) is 13.2 Å². The van der Waals surface area contributed by atoms with Gasteiger partial charge >= 0.3 is 0 Å². The number of aromatic hydroxyl groups is 3. The van der Waals surface area contributed by atoms with Crippen molar-refractivity contribution in [2.45, 2.75) is 73.6 Å². The maximum atomic E-state index is 13.4. The first-order valence-corrected chi connectivity index (χ1v) is 13.1. The van der Waals surface area contributed by atoms with Crippen LogP contribution in [0, 0.1) is 0 Å². The van der Waals surface area contributed by atoms with Crippen LogP contribution in [-0.2, 0) is 9.47 Å². The summed E-state index contributed by atoms with van der Waals surface area (Å²) in [6.45, 7) is -1.61. The van der Waals surface area contributed by atoms with Gasteiger partial charge in [-0.05, 0) is 29.3 Å². The molecule has 42 heavy (non-hydrogen) atoms. The molecule has 2 aromatic rings. The van der Waals surface area contributed by atoms with Crippen LogP contribution >= 0.6 is 0 Å².